The summed E-state index contributed by atoms with van der Waals surface area (Å²) >= 11 is 4.73. The molecule has 0 unspecified atom stereocenters. The Bertz CT molecular complexity index is 1400. The lowest BCUT2D eigenvalue weighted by molar-refractivity contribution is -0.139. The summed E-state index contributed by atoms with van der Waals surface area (Å²) in [6.45, 7) is 6.11. The van der Waals surface area contributed by atoms with Crippen LogP contribution in [0.1, 0.15) is 37.9 Å². The number of carbonyl (C=O) groups excluding carboxylic acids is 1. The minimum Gasteiger partial charge on any atom is -0.494 e. The van der Waals surface area contributed by atoms with E-state index in [2.05, 4.69) is 20.9 Å². The van der Waals surface area contributed by atoms with Gasteiger partial charge < -0.3 is 9.47 Å². The molecule has 1 aliphatic heterocycles. The maximum atomic E-state index is 13.6. The number of esters is 1. The molecule has 0 radical (unpaired) electrons. The Morgan fingerprint density at radius 1 is 1.15 bits per heavy atom. The Morgan fingerprint density at radius 3 is 2.58 bits per heavy atom. The molecule has 1 aromatic heterocycles. The second-order valence-corrected chi connectivity index (χ2v) is 9.25. The highest BCUT2D eigenvalue weighted by atomic mass is 79.9. The monoisotopic (exact) mass is 526 g/mol. The third-order valence-electron chi connectivity index (χ3n) is 5.20. The van der Waals surface area contributed by atoms with Crippen LogP contribution in [0.5, 0.6) is 5.75 Å². The van der Waals surface area contributed by atoms with Gasteiger partial charge in [-0.25, -0.2) is 9.79 Å². The summed E-state index contributed by atoms with van der Waals surface area (Å²) in [7, 11) is 0. The van der Waals surface area contributed by atoms with Crippen LogP contribution in [-0.2, 0) is 9.53 Å². The van der Waals surface area contributed by atoms with Crippen LogP contribution in [0, 0.1) is 0 Å². The molecule has 8 heteroatoms. The van der Waals surface area contributed by atoms with Crippen LogP contribution in [0.3, 0.4) is 0 Å². The number of halogens is 1. The van der Waals surface area contributed by atoms with Crippen molar-refractivity contribution in [2.45, 2.75) is 26.8 Å². The van der Waals surface area contributed by atoms with Crippen LogP contribution >= 0.6 is 27.3 Å². The van der Waals surface area contributed by atoms with Gasteiger partial charge in [-0.3, -0.25) is 9.36 Å². The average Bonchev–Trinajstić information content (AvgIpc) is 3.10. The zero-order valence-electron chi connectivity index (χ0n) is 18.5. The van der Waals surface area contributed by atoms with Gasteiger partial charge >= 0.3 is 5.97 Å². The molecule has 0 amide bonds. The van der Waals surface area contributed by atoms with Crippen LogP contribution in [0.25, 0.3) is 6.08 Å². The highest BCUT2D eigenvalue weighted by Gasteiger charge is 2.34. The van der Waals surface area contributed by atoms with Gasteiger partial charge in [0, 0.05) is 10.0 Å². The Balaban J connectivity index is 1.98. The summed E-state index contributed by atoms with van der Waals surface area (Å²) in [4.78, 5) is 31.8. The van der Waals surface area contributed by atoms with Crippen molar-refractivity contribution in [3.05, 3.63) is 95.1 Å². The summed E-state index contributed by atoms with van der Waals surface area (Å²) in [5.74, 6) is 0.126. The molecule has 2 aromatic carbocycles. The fraction of sp³-hybridized carbons (Fsp3) is 0.240. The molecule has 0 saturated heterocycles. The Labute approximate surface area is 203 Å². The first-order valence-corrected chi connectivity index (χ1v) is 12.2. The van der Waals surface area contributed by atoms with E-state index in [-0.39, 0.29) is 12.2 Å². The van der Waals surface area contributed by atoms with Crippen molar-refractivity contribution in [3.63, 3.8) is 0 Å². The van der Waals surface area contributed by atoms with Crippen LogP contribution in [-0.4, -0.2) is 23.8 Å². The number of nitrogens with zero attached hydrogens (tertiary/aromatic N) is 2. The number of carbonyl (C=O) groups is 1. The number of aromatic nitrogens is 1. The number of thiazole rings is 1. The van der Waals surface area contributed by atoms with E-state index in [9.17, 15) is 9.59 Å². The minimum absolute atomic E-state index is 0.215. The molecule has 4 rings (SSSR count). The lowest BCUT2D eigenvalue weighted by Gasteiger charge is -2.26. The Morgan fingerprint density at radius 2 is 1.88 bits per heavy atom. The molecular weight excluding hydrogens is 504 g/mol. The molecule has 0 saturated carbocycles. The predicted octanol–water partition coefficient (Wildman–Crippen LogP) is 3.96. The molecule has 2 heterocycles. The van der Waals surface area contributed by atoms with Crippen molar-refractivity contribution in [1.82, 2.24) is 4.57 Å². The maximum Gasteiger partial charge on any atom is 0.338 e. The first-order chi connectivity index (χ1) is 15.9. The van der Waals surface area contributed by atoms with Gasteiger partial charge in [-0.1, -0.05) is 57.6 Å². The maximum absolute atomic E-state index is 13.6. The number of benzene rings is 2. The first kappa shape index (κ1) is 23.2. The number of hydrogen-bond donors (Lipinski definition) is 0. The van der Waals surface area contributed by atoms with Gasteiger partial charge in [0.15, 0.2) is 4.80 Å². The van der Waals surface area contributed by atoms with Crippen molar-refractivity contribution >= 4 is 39.3 Å². The molecule has 0 fully saturated rings. The van der Waals surface area contributed by atoms with Crippen molar-refractivity contribution < 1.29 is 14.3 Å². The van der Waals surface area contributed by atoms with Gasteiger partial charge in [-0.05, 0) is 50.6 Å². The van der Waals surface area contributed by atoms with Gasteiger partial charge in [0.05, 0.1) is 29.0 Å². The van der Waals surface area contributed by atoms with Crippen LogP contribution in [0.15, 0.2) is 74.1 Å². The van der Waals surface area contributed by atoms with E-state index >= 15 is 0 Å². The van der Waals surface area contributed by atoms with E-state index in [0.29, 0.717) is 38.5 Å². The molecule has 170 valence electrons. The standard InChI is InChI=1S/C25H23BrN2O4S/c1-4-31-19-9-7-6-8-18(19)22-21(24(30)32-5-2)15(3)27-25-28(22)23(29)20(33-25)14-16-10-12-17(26)13-11-16/h6-14,22H,4-5H2,1-3H3/b20-14-/t22-/m1/s1. The Kier molecular flexibility index (Phi) is 6.95. The first-order valence-electron chi connectivity index (χ1n) is 10.6. The molecule has 6 nitrogen and oxygen atoms in total. The number of fused-ring (bicyclic) bond motifs is 1. The largest absolute Gasteiger partial charge is 0.494 e. The molecule has 1 aliphatic rings. The van der Waals surface area contributed by atoms with Crippen molar-refractivity contribution in [2.24, 2.45) is 4.99 Å². The topological polar surface area (TPSA) is 69.9 Å². The van der Waals surface area contributed by atoms with Crippen LogP contribution in [0.4, 0.5) is 0 Å². The van der Waals surface area contributed by atoms with Crippen LogP contribution < -0.4 is 19.6 Å². The van der Waals surface area contributed by atoms with E-state index in [1.807, 2.05) is 61.5 Å². The molecular formula is C25H23BrN2O4S. The lowest BCUT2D eigenvalue weighted by Crippen LogP contribution is -2.40. The normalized spacial score (nSPS) is 15.8. The lowest BCUT2D eigenvalue weighted by atomic mass is 9.95. The molecule has 3 aromatic rings. The zero-order chi connectivity index (χ0) is 23.5. The predicted molar refractivity (Wildman–Crippen MR) is 132 cm³/mol. The summed E-state index contributed by atoms with van der Waals surface area (Å²) in [5.41, 5.74) is 2.27. The summed E-state index contributed by atoms with van der Waals surface area (Å²) in [6.07, 6.45) is 1.84. The molecule has 33 heavy (non-hydrogen) atoms. The molecule has 0 spiro atoms. The van der Waals surface area contributed by atoms with E-state index < -0.39 is 12.0 Å². The molecule has 0 bridgehead atoms. The van der Waals surface area contributed by atoms with Crippen molar-refractivity contribution in [3.8, 4) is 5.75 Å². The highest BCUT2D eigenvalue weighted by molar-refractivity contribution is 9.10. The fourth-order valence-corrected chi connectivity index (χ4v) is 5.10. The smallest absolute Gasteiger partial charge is 0.338 e. The number of allylic oxidation sites excluding steroid dienone is 1. The minimum atomic E-state index is -0.699. The average molecular weight is 527 g/mol. The van der Waals surface area contributed by atoms with Gasteiger partial charge in [-0.15, -0.1) is 0 Å². The second kappa shape index (κ2) is 9.89. The third-order valence-corrected chi connectivity index (χ3v) is 6.71. The highest BCUT2D eigenvalue weighted by Crippen LogP contribution is 2.35. The summed E-state index contributed by atoms with van der Waals surface area (Å²) in [6, 6.07) is 14.5. The summed E-state index contributed by atoms with van der Waals surface area (Å²) < 4.78 is 14.3. The van der Waals surface area contributed by atoms with Gasteiger partial charge in [0.25, 0.3) is 5.56 Å². The number of hydrogen-bond acceptors (Lipinski definition) is 6. The Hall–Kier alpha value is -2.97. The quantitative estimate of drug-likeness (QED) is 0.456. The zero-order valence-corrected chi connectivity index (χ0v) is 20.9. The van der Waals surface area contributed by atoms with E-state index in [1.54, 1.807) is 18.4 Å². The van der Waals surface area contributed by atoms with Gasteiger partial charge in [-0.2, -0.15) is 0 Å². The molecule has 0 N–H and O–H groups in total. The SMILES string of the molecule is CCOC(=O)C1=C(C)N=c2s/c(=C\c3ccc(Br)cc3)c(=O)n2[C@@H]1c1ccccc1OCC. The van der Waals surface area contributed by atoms with Crippen molar-refractivity contribution in [1.29, 1.82) is 0 Å². The number of ether oxygens (including phenoxy) is 2. The van der Waals surface area contributed by atoms with E-state index in [1.165, 1.54) is 11.3 Å². The van der Waals surface area contributed by atoms with Crippen molar-refractivity contribution in [2.75, 3.05) is 13.2 Å². The molecule has 1 atom stereocenters. The van der Waals surface area contributed by atoms with E-state index in [4.69, 9.17) is 9.47 Å². The van der Waals surface area contributed by atoms with Crippen LogP contribution in [0.2, 0.25) is 0 Å². The van der Waals surface area contributed by atoms with Gasteiger partial charge in [0.2, 0.25) is 0 Å². The fourth-order valence-electron chi connectivity index (χ4n) is 3.79. The number of rotatable bonds is 6. The third kappa shape index (κ3) is 4.58. The van der Waals surface area contributed by atoms with Gasteiger partial charge in [0.1, 0.15) is 11.8 Å². The second-order valence-electron chi connectivity index (χ2n) is 7.32. The summed E-state index contributed by atoms with van der Waals surface area (Å²) in [5, 5.41) is 0. The van der Waals surface area contributed by atoms with E-state index in [0.717, 1.165) is 10.0 Å². The number of para-hydroxylation sites is 1. The molecule has 0 aliphatic carbocycles.